The Morgan fingerprint density at radius 3 is 3.00 bits per heavy atom. The first kappa shape index (κ1) is 16.4. The third-order valence-electron chi connectivity index (χ3n) is 3.63. The summed E-state index contributed by atoms with van der Waals surface area (Å²) in [5.74, 6) is 0.546. The summed E-state index contributed by atoms with van der Waals surface area (Å²) in [7, 11) is 0. The Hall–Kier alpha value is -2.47. The van der Waals surface area contributed by atoms with Crippen LogP contribution in [0.25, 0.3) is 11.3 Å². The number of hydrogen-bond donors (Lipinski definition) is 1. The number of rotatable bonds is 6. The van der Waals surface area contributed by atoms with Crippen molar-refractivity contribution in [1.82, 2.24) is 9.97 Å². The van der Waals surface area contributed by atoms with Crippen LogP contribution in [0.3, 0.4) is 0 Å². The van der Waals surface area contributed by atoms with Gasteiger partial charge in [0.05, 0.1) is 16.9 Å². The van der Waals surface area contributed by atoms with Gasteiger partial charge >= 0.3 is 0 Å². The topological polar surface area (TPSA) is 68.0 Å². The Bertz CT molecular complexity index is 825. The average molecular weight is 341 g/mol. The van der Waals surface area contributed by atoms with E-state index in [1.54, 1.807) is 6.20 Å². The number of unbranched alkanes of at least 4 members (excludes halogenated alkanes) is 1. The summed E-state index contributed by atoms with van der Waals surface area (Å²) in [6, 6.07) is 7.51. The molecule has 1 N–H and O–H groups in total. The zero-order valence-corrected chi connectivity index (χ0v) is 14.5. The number of anilines is 1. The van der Waals surface area contributed by atoms with E-state index in [4.69, 9.17) is 4.42 Å². The fourth-order valence-electron chi connectivity index (χ4n) is 2.39. The number of benzene rings is 1. The fourth-order valence-corrected chi connectivity index (χ4v) is 3.40. The van der Waals surface area contributed by atoms with Crippen molar-refractivity contribution >= 4 is 22.9 Å². The highest BCUT2D eigenvalue weighted by Crippen LogP contribution is 2.24. The zero-order valence-electron chi connectivity index (χ0n) is 13.7. The molecule has 5 nitrogen and oxygen atoms in total. The molecule has 0 spiro atoms. The summed E-state index contributed by atoms with van der Waals surface area (Å²) >= 11 is 1.48. The number of carbonyl (C=O) groups is 1. The molecule has 0 fully saturated rings. The number of aromatic nitrogens is 2. The predicted octanol–water partition coefficient (Wildman–Crippen LogP) is 4.70. The number of oxazole rings is 1. The molecule has 0 atom stereocenters. The van der Waals surface area contributed by atoms with Crippen LogP contribution in [0.2, 0.25) is 0 Å². The Morgan fingerprint density at radius 1 is 1.38 bits per heavy atom. The van der Waals surface area contributed by atoms with Crippen LogP contribution in [0.1, 0.15) is 40.1 Å². The maximum Gasteiger partial charge on any atom is 0.267 e. The van der Waals surface area contributed by atoms with Crippen LogP contribution < -0.4 is 5.32 Å². The minimum atomic E-state index is -0.123. The third-order valence-corrected chi connectivity index (χ3v) is 4.84. The molecular formula is C18H19N3O2S. The molecule has 0 bridgehead atoms. The van der Waals surface area contributed by atoms with Gasteiger partial charge in [-0.1, -0.05) is 25.5 Å². The van der Waals surface area contributed by atoms with E-state index in [2.05, 4.69) is 22.2 Å². The van der Waals surface area contributed by atoms with Gasteiger partial charge in [-0.3, -0.25) is 4.79 Å². The molecule has 0 radical (unpaired) electrons. The van der Waals surface area contributed by atoms with Crippen LogP contribution in [-0.2, 0) is 6.42 Å². The van der Waals surface area contributed by atoms with Crippen molar-refractivity contribution in [3.05, 3.63) is 52.4 Å². The van der Waals surface area contributed by atoms with Crippen molar-refractivity contribution in [1.29, 1.82) is 0 Å². The van der Waals surface area contributed by atoms with Crippen molar-refractivity contribution in [2.24, 2.45) is 0 Å². The molecule has 6 heteroatoms. The van der Waals surface area contributed by atoms with Crippen LogP contribution in [0.4, 0.5) is 5.69 Å². The van der Waals surface area contributed by atoms with Crippen molar-refractivity contribution < 1.29 is 9.21 Å². The maximum absolute atomic E-state index is 12.5. The summed E-state index contributed by atoms with van der Waals surface area (Å²) < 4.78 is 5.29. The summed E-state index contributed by atoms with van der Waals surface area (Å²) in [5.41, 5.74) is 2.38. The van der Waals surface area contributed by atoms with E-state index < -0.39 is 0 Å². The van der Waals surface area contributed by atoms with Gasteiger partial charge in [-0.15, -0.1) is 11.3 Å². The van der Waals surface area contributed by atoms with Crippen molar-refractivity contribution in [3.63, 3.8) is 0 Å². The first-order chi connectivity index (χ1) is 11.7. The van der Waals surface area contributed by atoms with Crippen LogP contribution >= 0.6 is 11.3 Å². The minimum Gasteiger partial charge on any atom is -0.444 e. The standard InChI is InChI=1S/C18H19N3O2S/c1-3-4-8-16-20-12(2)17(24-16)18(22)21-14-7-5-6-13(9-14)15-10-19-11-23-15/h5-7,9-11H,3-4,8H2,1-2H3,(H,21,22). The minimum absolute atomic E-state index is 0.123. The number of hydrogen-bond acceptors (Lipinski definition) is 5. The fraction of sp³-hybridized carbons (Fsp3) is 0.278. The SMILES string of the molecule is CCCCc1nc(C)c(C(=O)Nc2cccc(-c3cnco3)c2)s1. The Morgan fingerprint density at radius 2 is 2.25 bits per heavy atom. The highest BCUT2D eigenvalue weighted by molar-refractivity contribution is 7.13. The molecule has 0 aliphatic rings. The molecule has 3 aromatic rings. The van der Waals surface area contributed by atoms with Gasteiger partial charge in [-0.2, -0.15) is 0 Å². The van der Waals surface area contributed by atoms with E-state index in [0.717, 1.165) is 41.2 Å². The van der Waals surface area contributed by atoms with Gasteiger partial charge in [-0.05, 0) is 31.9 Å². The second kappa shape index (κ2) is 7.40. The molecule has 0 aliphatic carbocycles. The second-order valence-electron chi connectivity index (χ2n) is 5.53. The monoisotopic (exact) mass is 341 g/mol. The summed E-state index contributed by atoms with van der Waals surface area (Å²) in [6.45, 7) is 4.03. The molecule has 3 rings (SSSR count). The van der Waals surface area contributed by atoms with Crippen molar-refractivity contribution in [3.8, 4) is 11.3 Å². The Labute approximate surface area is 144 Å². The molecule has 0 saturated carbocycles. The smallest absolute Gasteiger partial charge is 0.267 e. The van der Waals surface area contributed by atoms with Crippen LogP contribution in [0, 0.1) is 6.92 Å². The molecular weight excluding hydrogens is 322 g/mol. The molecule has 124 valence electrons. The summed E-state index contributed by atoms with van der Waals surface area (Å²) in [4.78, 5) is 21.6. The van der Waals surface area contributed by atoms with E-state index in [1.807, 2.05) is 31.2 Å². The van der Waals surface area contributed by atoms with E-state index in [1.165, 1.54) is 17.7 Å². The van der Waals surface area contributed by atoms with E-state index in [-0.39, 0.29) is 5.91 Å². The Balaban J connectivity index is 1.75. The largest absolute Gasteiger partial charge is 0.444 e. The lowest BCUT2D eigenvalue weighted by atomic mass is 10.1. The lowest BCUT2D eigenvalue weighted by Crippen LogP contribution is -2.11. The third kappa shape index (κ3) is 3.71. The highest BCUT2D eigenvalue weighted by Gasteiger charge is 2.15. The van der Waals surface area contributed by atoms with Gasteiger partial charge in [0.15, 0.2) is 12.2 Å². The van der Waals surface area contributed by atoms with Crippen molar-refractivity contribution in [2.75, 3.05) is 5.32 Å². The highest BCUT2D eigenvalue weighted by atomic mass is 32.1. The number of nitrogens with zero attached hydrogens (tertiary/aromatic N) is 2. The number of amides is 1. The molecule has 1 aromatic carbocycles. The van der Waals surface area contributed by atoms with E-state index >= 15 is 0 Å². The van der Waals surface area contributed by atoms with Crippen molar-refractivity contribution in [2.45, 2.75) is 33.1 Å². The zero-order chi connectivity index (χ0) is 16.9. The molecule has 0 aliphatic heterocycles. The van der Waals surface area contributed by atoms with Gasteiger partial charge in [0.25, 0.3) is 5.91 Å². The van der Waals surface area contributed by atoms with E-state index in [0.29, 0.717) is 10.6 Å². The summed E-state index contributed by atoms with van der Waals surface area (Å²) in [6.07, 6.45) is 6.17. The number of nitrogens with one attached hydrogen (secondary N) is 1. The molecule has 0 unspecified atom stereocenters. The molecule has 1 amide bonds. The second-order valence-corrected chi connectivity index (χ2v) is 6.61. The van der Waals surface area contributed by atoms with Crippen LogP contribution in [0.5, 0.6) is 0 Å². The first-order valence-electron chi connectivity index (χ1n) is 7.94. The van der Waals surface area contributed by atoms with Gasteiger partial charge in [0.1, 0.15) is 4.88 Å². The van der Waals surface area contributed by atoms with Crippen LogP contribution in [-0.4, -0.2) is 15.9 Å². The number of thiazole rings is 1. The average Bonchev–Trinajstić information content (AvgIpc) is 3.23. The van der Waals surface area contributed by atoms with Gasteiger partial charge < -0.3 is 9.73 Å². The normalized spacial score (nSPS) is 10.8. The van der Waals surface area contributed by atoms with Gasteiger partial charge in [-0.25, -0.2) is 9.97 Å². The lowest BCUT2D eigenvalue weighted by molar-refractivity contribution is 0.103. The number of aryl methyl sites for hydroxylation is 2. The molecule has 24 heavy (non-hydrogen) atoms. The van der Waals surface area contributed by atoms with Crippen LogP contribution in [0.15, 0.2) is 41.3 Å². The molecule has 2 aromatic heterocycles. The lowest BCUT2D eigenvalue weighted by Gasteiger charge is -2.05. The quantitative estimate of drug-likeness (QED) is 0.705. The van der Waals surface area contributed by atoms with Gasteiger partial charge in [0, 0.05) is 11.3 Å². The predicted molar refractivity (Wildman–Crippen MR) is 95.4 cm³/mol. The van der Waals surface area contributed by atoms with Gasteiger partial charge in [0.2, 0.25) is 0 Å². The first-order valence-corrected chi connectivity index (χ1v) is 8.75. The molecule has 0 saturated heterocycles. The van der Waals surface area contributed by atoms with E-state index in [9.17, 15) is 4.79 Å². The summed E-state index contributed by atoms with van der Waals surface area (Å²) in [5, 5.41) is 3.96. The molecule has 2 heterocycles. The number of carbonyl (C=O) groups excluding carboxylic acids is 1. The Kier molecular flexibility index (Phi) is 5.05. The maximum atomic E-state index is 12.5.